The van der Waals surface area contributed by atoms with Crippen LogP contribution in [0, 0.1) is 5.41 Å². The first-order chi connectivity index (χ1) is 8.10. The maximum absolute atomic E-state index is 11.5. The number of rotatable bonds is 6. The van der Waals surface area contributed by atoms with Gasteiger partial charge < -0.3 is 15.7 Å². The Kier molecular flexibility index (Phi) is 6.98. The predicted molar refractivity (Wildman–Crippen MR) is 74.7 cm³/mol. The Morgan fingerprint density at radius 2 is 1.94 bits per heavy atom. The summed E-state index contributed by atoms with van der Waals surface area (Å²) in [5, 5.41) is 14.1. The van der Waals surface area contributed by atoms with Gasteiger partial charge in [-0.1, -0.05) is 43.3 Å². The zero-order chi connectivity index (χ0) is 14.3. The van der Waals surface area contributed by atoms with Crippen LogP contribution in [0.25, 0.3) is 0 Å². The van der Waals surface area contributed by atoms with Crippen LogP contribution in [0.1, 0.15) is 33.6 Å². The SMILES string of the molecule is C=C(Br)CNC(=O)NC(CC(=O)O)CC(C)(C)C. The van der Waals surface area contributed by atoms with Crippen molar-refractivity contribution in [3.63, 3.8) is 0 Å². The first-order valence-electron chi connectivity index (χ1n) is 5.69. The lowest BCUT2D eigenvalue weighted by Crippen LogP contribution is -2.44. The van der Waals surface area contributed by atoms with E-state index in [0.29, 0.717) is 17.4 Å². The number of hydrogen-bond donors (Lipinski definition) is 3. The molecule has 0 fully saturated rings. The van der Waals surface area contributed by atoms with Crippen LogP contribution in [0.4, 0.5) is 4.79 Å². The molecule has 0 saturated heterocycles. The van der Waals surface area contributed by atoms with Crippen molar-refractivity contribution in [3.8, 4) is 0 Å². The lowest BCUT2D eigenvalue weighted by Gasteiger charge is -2.25. The molecule has 0 aromatic rings. The van der Waals surface area contributed by atoms with Crippen molar-refractivity contribution in [3.05, 3.63) is 11.1 Å². The van der Waals surface area contributed by atoms with E-state index < -0.39 is 5.97 Å². The summed E-state index contributed by atoms with van der Waals surface area (Å²) >= 11 is 3.13. The number of nitrogens with one attached hydrogen (secondary N) is 2. The Bertz CT molecular complexity index is 324. The Labute approximate surface area is 116 Å². The number of carboxylic acid groups (broad SMARTS) is 1. The van der Waals surface area contributed by atoms with Gasteiger partial charge in [0.05, 0.1) is 13.0 Å². The summed E-state index contributed by atoms with van der Waals surface area (Å²) in [5.41, 5.74) is -0.0492. The van der Waals surface area contributed by atoms with E-state index in [4.69, 9.17) is 5.11 Å². The number of hydrogen-bond acceptors (Lipinski definition) is 2. The van der Waals surface area contributed by atoms with Gasteiger partial charge in [0.15, 0.2) is 0 Å². The highest BCUT2D eigenvalue weighted by Crippen LogP contribution is 2.22. The van der Waals surface area contributed by atoms with Crippen LogP contribution in [0.3, 0.4) is 0 Å². The standard InChI is InChI=1S/C12H21BrN2O3/c1-8(13)7-14-11(18)15-9(5-10(16)17)6-12(2,3)4/h9H,1,5-7H2,2-4H3,(H,16,17)(H2,14,15,18). The largest absolute Gasteiger partial charge is 0.481 e. The summed E-state index contributed by atoms with van der Waals surface area (Å²) < 4.78 is 0.656. The molecule has 18 heavy (non-hydrogen) atoms. The van der Waals surface area contributed by atoms with Gasteiger partial charge in [-0.3, -0.25) is 4.79 Å². The van der Waals surface area contributed by atoms with E-state index in [-0.39, 0.29) is 23.9 Å². The summed E-state index contributed by atoms with van der Waals surface area (Å²) in [6.45, 7) is 9.91. The monoisotopic (exact) mass is 320 g/mol. The number of halogens is 1. The molecule has 0 aromatic carbocycles. The molecule has 3 N–H and O–H groups in total. The molecule has 0 aromatic heterocycles. The topological polar surface area (TPSA) is 78.4 Å². The number of urea groups is 1. The van der Waals surface area contributed by atoms with Gasteiger partial charge in [-0.15, -0.1) is 0 Å². The van der Waals surface area contributed by atoms with Gasteiger partial charge in [-0.2, -0.15) is 0 Å². The van der Waals surface area contributed by atoms with Gasteiger partial charge in [-0.05, 0) is 11.8 Å². The number of aliphatic carboxylic acids is 1. The van der Waals surface area contributed by atoms with Crippen LogP contribution in [0.15, 0.2) is 11.1 Å². The molecule has 104 valence electrons. The molecule has 1 unspecified atom stereocenters. The molecular formula is C12H21BrN2O3. The fraction of sp³-hybridized carbons (Fsp3) is 0.667. The van der Waals surface area contributed by atoms with Crippen molar-refractivity contribution in [2.24, 2.45) is 5.41 Å². The number of carbonyl (C=O) groups is 2. The minimum atomic E-state index is -0.922. The lowest BCUT2D eigenvalue weighted by atomic mass is 9.87. The molecule has 0 radical (unpaired) electrons. The van der Waals surface area contributed by atoms with Gasteiger partial charge in [0.1, 0.15) is 0 Å². The molecule has 0 spiro atoms. The second-order valence-corrected chi connectivity index (χ2v) is 6.53. The van der Waals surface area contributed by atoms with Crippen molar-refractivity contribution < 1.29 is 14.7 Å². The minimum Gasteiger partial charge on any atom is -0.481 e. The van der Waals surface area contributed by atoms with Gasteiger partial charge in [-0.25, -0.2) is 4.79 Å². The fourth-order valence-electron chi connectivity index (χ4n) is 1.54. The van der Waals surface area contributed by atoms with Crippen molar-refractivity contribution >= 4 is 27.9 Å². The Morgan fingerprint density at radius 1 is 1.39 bits per heavy atom. The van der Waals surface area contributed by atoms with E-state index >= 15 is 0 Å². The van der Waals surface area contributed by atoms with E-state index in [1.54, 1.807) is 0 Å². The van der Waals surface area contributed by atoms with Gasteiger partial charge >= 0.3 is 12.0 Å². The average Bonchev–Trinajstić information content (AvgIpc) is 2.10. The second kappa shape index (κ2) is 7.41. The third-order valence-electron chi connectivity index (χ3n) is 2.06. The zero-order valence-corrected chi connectivity index (χ0v) is 12.6. The maximum atomic E-state index is 11.5. The number of amides is 2. The molecule has 0 bridgehead atoms. The van der Waals surface area contributed by atoms with Crippen molar-refractivity contribution in [1.29, 1.82) is 0 Å². The van der Waals surface area contributed by atoms with Gasteiger partial charge in [0.2, 0.25) is 0 Å². The highest BCUT2D eigenvalue weighted by atomic mass is 79.9. The van der Waals surface area contributed by atoms with Crippen molar-refractivity contribution in [1.82, 2.24) is 10.6 Å². The van der Waals surface area contributed by atoms with Crippen LogP contribution in [0.2, 0.25) is 0 Å². The molecule has 0 heterocycles. The molecule has 0 aliphatic carbocycles. The third kappa shape index (κ3) is 10.1. The van der Waals surface area contributed by atoms with Crippen LogP contribution in [0.5, 0.6) is 0 Å². The fourth-order valence-corrected chi connectivity index (χ4v) is 1.68. The van der Waals surface area contributed by atoms with Crippen molar-refractivity contribution in [2.45, 2.75) is 39.7 Å². The smallest absolute Gasteiger partial charge is 0.315 e. The first kappa shape index (κ1) is 17.0. The van der Waals surface area contributed by atoms with E-state index in [1.807, 2.05) is 20.8 Å². The summed E-state index contributed by atoms with van der Waals surface area (Å²) in [6, 6.07) is -0.766. The summed E-state index contributed by atoms with van der Waals surface area (Å²) in [4.78, 5) is 22.3. The van der Waals surface area contributed by atoms with E-state index in [0.717, 1.165) is 0 Å². The quantitative estimate of drug-likeness (QED) is 0.703. The van der Waals surface area contributed by atoms with Crippen LogP contribution >= 0.6 is 15.9 Å². The van der Waals surface area contributed by atoms with Crippen molar-refractivity contribution in [2.75, 3.05) is 6.54 Å². The number of carbonyl (C=O) groups excluding carboxylic acids is 1. The molecule has 0 aliphatic heterocycles. The van der Waals surface area contributed by atoms with Gasteiger partial charge in [0.25, 0.3) is 0 Å². The van der Waals surface area contributed by atoms with Crippen LogP contribution < -0.4 is 10.6 Å². The Morgan fingerprint density at radius 3 is 2.33 bits per heavy atom. The van der Waals surface area contributed by atoms with E-state index in [1.165, 1.54) is 0 Å². The number of carboxylic acids is 1. The Balaban J connectivity index is 4.35. The molecule has 2 amide bonds. The third-order valence-corrected chi connectivity index (χ3v) is 2.34. The Hall–Kier alpha value is -1.04. The van der Waals surface area contributed by atoms with Gasteiger partial charge in [0, 0.05) is 10.5 Å². The molecular weight excluding hydrogens is 300 g/mol. The first-order valence-corrected chi connectivity index (χ1v) is 6.49. The van der Waals surface area contributed by atoms with Crippen LogP contribution in [-0.2, 0) is 4.79 Å². The predicted octanol–water partition coefficient (Wildman–Crippen LogP) is 2.47. The minimum absolute atomic E-state index is 0.0492. The normalized spacial score (nSPS) is 12.7. The molecule has 1 atom stereocenters. The average molecular weight is 321 g/mol. The molecule has 0 saturated carbocycles. The molecule has 5 nitrogen and oxygen atoms in total. The summed E-state index contributed by atoms with van der Waals surface area (Å²) in [5.74, 6) is -0.922. The lowest BCUT2D eigenvalue weighted by molar-refractivity contribution is -0.137. The molecule has 6 heteroatoms. The van der Waals surface area contributed by atoms with E-state index in [2.05, 4.69) is 33.1 Å². The summed E-state index contributed by atoms with van der Waals surface area (Å²) in [6.07, 6.45) is 0.516. The summed E-state index contributed by atoms with van der Waals surface area (Å²) in [7, 11) is 0. The maximum Gasteiger partial charge on any atom is 0.315 e. The highest BCUT2D eigenvalue weighted by Gasteiger charge is 2.22. The molecule has 0 rings (SSSR count). The zero-order valence-electron chi connectivity index (χ0n) is 11.0. The highest BCUT2D eigenvalue weighted by molar-refractivity contribution is 9.11. The van der Waals surface area contributed by atoms with Crippen LogP contribution in [-0.4, -0.2) is 29.7 Å². The molecule has 0 aliphatic rings. The second-order valence-electron chi connectivity index (χ2n) is 5.40. The van der Waals surface area contributed by atoms with E-state index in [9.17, 15) is 9.59 Å².